The normalized spacial score (nSPS) is 13.6. The molecule has 8 aromatic rings. The molecular weight excluding hydrogens is 2010 g/mol. The van der Waals surface area contributed by atoms with Crippen LogP contribution in [0.1, 0.15) is 87.7 Å². The number of rotatable bonds is 15. The molecule has 6 aliphatic rings. The molecule has 6 radical (unpaired) electrons. The van der Waals surface area contributed by atoms with Crippen LogP contribution in [0.5, 0.6) is 17.2 Å². The molecule has 1 aromatic heterocycles. The quantitative estimate of drug-likeness (QED) is 0.0443. The second kappa shape index (κ2) is 53.9. The number of ketones is 4. The Kier molecular flexibility index (Phi) is 55.5. The van der Waals surface area contributed by atoms with Gasteiger partial charge in [-0.05, 0) is 170 Å². The molecular formula is C80H79Br2N3O11P6V6W. The maximum Gasteiger partial charge on any atom is 2.00 e. The van der Waals surface area contributed by atoms with Gasteiger partial charge in [0.1, 0.15) is 42.6 Å². The van der Waals surface area contributed by atoms with Gasteiger partial charge in [-0.25, -0.2) is 37.8 Å². The maximum absolute atomic E-state index is 12.9. The van der Waals surface area contributed by atoms with E-state index in [0.717, 1.165) is 114 Å². The number of alkyl halides is 2. The van der Waals surface area contributed by atoms with Crippen molar-refractivity contribution in [1.82, 2.24) is 9.97 Å². The van der Waals surface area contributed by atoms with Gasteiger partial charge < -0.3 is 113 Å². The Bertz CT molecular complexity index is 4580. The van der Waals surface area contributed by atoms with Gasteiger partial charge in [-0.3, -0.25) is 35.8 Å². The second-order valence-electron chi connectivity index (χ2n) is 21.9. The molecule has 0 saturated heterocycles. The number of aliphatic imine (C=N–C) groups is 1. The number of H-pyrrole nitrogens is 1. The molecule has 0 saturated carbocycles. The summed E-state index contributed by atoms with van der Waals surface area (Å²) in [5.74, 6) is 10.4. The number of ether oxygens (including phenoxy) is 5. The standard InChI is InChI=1S/C26H19N3OP2.C25H20O7P2.C19H14Br2O3.2C2H4P.6CH3.6V.W/c1-3-31-25-12-20-19-11-24-21(10-15(19)6-8-22(20)28-25)18-7-5-16(9-17(18)14-30-24)23-13-27-26(29-23)32-4-2;1-3-33-24(28)31-13-20(26)15-5-7-17-16(9-15)12-30-22-11-18-14(10-19(17)22)6-8-21(23(18)27)32-25(29)34-4-2;20-8-17(22)11-1-3-13-12(5-11)9-24-18-7-14-10(6-15(13)18)2-4-16(21)19(14)23;2*1-2-3;;;;;;;;;;;;;/h1-11,13,31-32H,12,14H2,(H,27,29);1-5,7,9-11,21,33-34H,6,8,12-13H2;1,3,5-7,16H,2,4,8-9H2;2*1-2H,3H2;6*1H3;;;;;;;/q2*-2;;8*-1;6*+2;. The third kappa shape index (κ3) is 27.2. The van der Waals surface area contributed by atoms with E-state index in [9.17, 15) is 28.8 Å². The van der Waals surface area contributed by atoms with Crippen molar-refractivity contribution in [3.05, 3.63) is 284 Å². The first-order valence-corrected chi connectivity index (χ1v) is 37.5. The van der Waals surface area contributed by atoms with Crippen LogP contribution in [0.25, 0.3) is 55.4 Å². The predicted molar refractivity (Wildman–Crippen MR) is 441 cm³/mol. The summed E-state index contributed by atoms with van der Waals surface area (Å²) >= 11 is 6.66. The van der Waals surface area contributed by atoms with E-state index >= 15 is 0 Å². The van der Waals surface area contributed by atoms with Crippen LogP contribution in [0.2, 0.25) is 0 Å². The zero-order valence-electron chi connectivity index (χ0n) is 60.4. The largest absolute Gasteiger partial charge is 2.00 e. The van der Waals surface area contributed by atoms with Gasteiger partial charge in [0.2, 0.25) is 5.78 Å². The van der Waals surface area contributed by atoms with E-state index in [2.05, 4.69) is 122 Å². The smallest absolute Gasteiger partial charge is 0.514 e. The van der Waals surface area contributed by atoms with E-state index in [1.165, 1.54) is 50.7 Å². The van der Waals surface area contributed by atoms with Gasteiger partial charge in [0, 0.05) is 71.9 Å². The molecule has 14 rings (SSSR count). The third-order valence-corrected chi connectivity index (χ3v) is 20.0. The number of Topliss-reactive ketones (excluding diaryl/α,β-unsaturated/α-hetero) is 4. The summed E-state index contributed by atoms with van der Waals surface area (Å²) in [6.07, 6.45) is 4.54. The van der Waals surface area contributed by atoms with Gasteiger partial charge in [-0.1, -0.05) is 91.5 Å². The first-order valence-electron chi connectivity index (χ1n) is 29.8. The van der Waals surface area contributed by atoms with Gasteiger partial charge in [-0.2, -0.15) is 18.5 Å². The van der Waals surface area contributed by atoms with Crippen molar-refractivity contribution < 1.29 is 185 Å². The van der Waals surface area contributed by atoms with Crippen LogP contribution in [-0.2, 0) is 181 Å². The number of carbonyl (C=O) groups is 6. The van der Waals surface area contributed by atoms with Gasteiger partial charge in [0.15, 0.2) is 30.1 Å². The number of hydrogen-bond donors (Lipinski definition) is 1. The van der Waals surface area contributed by atoms with Gasteiger partial charge in [0.05, 0.1) is 27.7 Å². The number of halogens is 2. The summed E-state index contributed by atoms with van der Waals surface area (Å²) in [5, 5.41) is 2.73. The van der Waals surface area contributed by atoms with Crippen LogP contribution >= 0.6 is 84.7 Å². The Balaban J connectivity index is -0.000000698. The van der Waals surface area contributed by atoms with Crippen molar-refractivity contribution in [2.75, 3.05) is 11.9 Å². The number of imidazole rings is 1. The molecule has 7 aromatic carbocycles. The maximum atomic E-state index is 12.9. The molecule has 14 nitrogen and oxygen atoms in total. The van der Waals surface area contributed by atoms with Gasteiger partial charge in [-0.15, -0.1) is 0 Å². The number of aryl methyl sites for hydroxylation is 2. The molecule has 0 spiro atoms. The fourth-order valence-corrected chi connectivity index (χ4v) is 14.4. The van der Waals surface area contributed by atoms with E-state index in [-0.39, 0.29) is 235 Å². The van der Waals surface area contributed by atoms with Crippen LogP contribution in [0.4, 0.5) is 15.3 Å². The summed E-state index contributed by atoms with van der Waals surface area (Å²) in [5.41, 5.74) is 18.8. The van der Waals surface area contributed by atoms with Crippen molar-refractivity contribution in [3.8, 4) is 61.9 Å². The number of nitrogens with zero attached hydrogens (tertiary/aromatic N) is 2. The molecule has 29 heteroatoms. The number of fused-ring (bicyclic) bond motifs is 14. The molecule has 8 atom stereocenters. The number of benzene rings is 7. The van der Waals surface area contributed by atoms with Crippen molar-refractivity contribution in [2.24, 2.45) is 4.99 Å². The van der Waals surface area contributed by atoms with Gasteiger partial charge >= 0.3 is 123 Å². The van der Waals surface area contributed by atoms with Crippen molar-refractivity contribution >= 4 is 147 Å². The number of aromatic amines is 1. The SMILES string of the molecule is O=C(CBr)c1ccc2c(c1)COc1cc3c(cc1-2)CCC(Br)C3=O.[CH-]=CP.[CH-]=CP.[CH-]=CPC(=O)OCC(=O)c1ccc2c(c1)COc1cc3c(cc1-2)CCC(OC(=O)PC=[CH-])C3=O.[CH-]=CPC1=Nc2ccc3cc4c(cc3c2C1)OCc1cc(-c2cnc(PC=[CH-])[nH]2)ccc1-4.[CH3-].[CH3-].[CH3-].[CH3-].[CH3-].[CH3-].[V+2].[V+2].[V+2].[V+2].[V+2].[V+2].[W]. The third-order valence-electron chi connectivity index (χ3n) is 16.1. The molecule has 0 fully saturated rings. The number of hydrogen-bond acceptors (Lipinski definition) is 13. The van der Waals surface area contributed by atoms with E-state index in [0.29, 0.717) is 71.0 Å². The first-order chi connectivity index (χ1) is 46.5. The number of aromatic nitrogens is 2. The summed E-state index contributed by atoms with van der Waals surface area (Å²) in [7, 11) is 4.68. The van der Waals surface area contributed by atoms with Crippen LogP contribution in [0.15, 0.2) is 149 Å². The van der Waals surface area contributed by atoms with E-state index in [4.69, 9.17) is 55.0 Å². The Labute approximate surface area is 758 Å². The Hall–Kier alpha value is -3.13. The minimum atomic E-state index is -0.827. The molecule has 4 aliphatic heterocycles. The summed E-state index contributed by atoms with van der Waals surface area (Å²) in [6, 6.07) is 33.7. The zero-order chi connectivity index (χ0) is 68.2. The Morgan fingerprint density at radius 3 is 1.58 bits per heavy atom. The van der Waals surface area contributed by atoms with Crippen molar-refractivity contribution in [3.63, 3.8) is 0 Å². The van der Waals surface area contributed by atoms with E-state index < -0.39 is 17.5 Å². The average molecular weight is 2090 g/mol. The molecule has 5 heterocycles. The summed E-state index contributed by atoms with van der Waals surface area (Å²) < 4.78 is 28.2. The Morgan fingerprint density at radius 2 is 1.05 bits per heavy atom. The monoisotopic (exact) mass is 2090 g/mol. The molecule has 0 amide bonds. The predicted octanol–water partition coefficient (Wildman–Crippen LogP) is 20.7. The summed E-state index contributed by atoms with van der Waals surface area (Å²) in [4.78, 5) is 85.2. The minimum absolute atomic E-state index is 0. The van der Waals surface area contributed by atoms with Crippen LogP contribution < -0.4 is 19.8 Å². The van der Waals surface area contributed by atoms with Gasteiger partial charge in [0.25, 0.3) is 0 Å². The minimum Gasteiger partial charge on any atom is -0.514 e. The molecule has 109 heavy (non-hydrogen) atoms. The Morgan fingerprint density at radius 1 is 0.560 bits per heavy atom. The fraction of sp³-hybridized carbons (Fsp3) is 0.150. The topological polar surface area (TPSA) is 190 Å². The van der Waals surface area contributed by atoms with E-state index in [1.807, 2.05) is 42.6 Å². The fourth-order valence-electron chi connectivity index (χ4n) is 11.8. The van der Waals surface area contributed by atoms with Crippen molar-refractivity contribution in [1.29, 1.82) is 0 Å². The zero-order valence-corrected chi connectivity index (χ0v) is 81.2. The van der Waals surface area contributed by atoms with E-state index in [1.54, 1.807) is 29.8 Å². The number of carbonyl (C=O) groups excluding carboxylic acids is 6. The molecule has 8 unspecified atom stereocenters. The van der Waals surface area contributed by atoms with Crippen LogP contribution in [-0.4, -0.2) is 72.8 Å². The second-order valence-corrected chi connectivity index (χ2v) is 28.6. The summed E-state index contributed by atoms with van der Waals surface area (Å²) in [6.45, 7) is 31.8. The molecule has 2 aliphatic carbocycles. The van der Waals surface area contributed by atoms with Crippen LogP contribution in [0, 0.1) is 84.0 Å². The molecule has 0 bridgehead atoms. The average Bonchev–Trinajstić information content (AvgIpc) is 1.59. The molecule has 560 valence electrons. The molecule has 1 N–H and O–H groups in total. The van der Waals surface area contributed by atoms with Crippen LogP contribution in [0.3, 0.4) is 0 Å². The number of nitrogens with one attached hydrogen (secondary N) is 1. The van der Waals surface area contributed by atoms with Crippen molar-refractivity contribution in [2.45, 2.75) is 62.9 Å². The first kappa shape index (κ1) is 112.